The Morgan fingerprint density at radius 1 is 1.25 bits per heavy atom. The number of carboxylic acids is 1. The number of fused-ring (bicyclic) bond motifs is 2. The average molecular weight is 273 g/mol. The molecule has 3 atom stereocenters. The number of anilines is 1. The molecule has 2 aliphatic rings. The molecule has 1 aromatic carbocycles. The van der Waals surface area contributed by atoms with E-state index in [-0.39, 0.29) is 6.54 Å². The highest BCUT2D eigenvalue weighted by Crippen LogP contribution is 2.48. The summed E-state index contributed by atoms with van der Waals surface area (Å²) in [5.41, 5.74) is 2.25. The molecule has 0 amide bonds. The first-order valence-electron chi connectivity index (χ1n) is 7.65. The number of aryl methyl sites for hydroxylation is 1. The van der Waals surface area contributed by atoms with Crippen molar-refractivity contribution in [2.24, 2.45) is 17.8 Å². The second-order valence-electron chi connectivity index (χ2n) is 6.54. The minimum absolute atomic E-state index is 0.108. The van der Waals surface area contributed by atoms with Crippen LogP contribution >= 0.6 is 0 Å². The van der Waals surface area contributed by atoms with Crippen molar-refractivity contribution in [1.29, 1.82) is 0 Å². The number of hydrogen-bond acceptors (Lipinski definition) is 2. The van der Waals surface area contributed by atoms with E-state index in [1.807, 2.05) is 17.0 Å². The zero-order valence-electron chi connectivity index (χ0n) is 12.1. The monoisotopic (exact) mass is 273 g/mol. The second kappa shape index (κ2) is 5.47. The number of rotatable bonds is 5. The van der Waals surface area contributed by atoms with Crippen molar-refractivity contribution in [3.63, 3.8) is 0 Å². The van der Waals surface area contributed by atoms with Crippen molar-refractivity contribution < 1.29 is 9.90 Å². The zero-order valence-corrected chi connectivity index (χ0v) is 12.1. The van der Waals surface area contributed by atoms with Crippen LogP contribution in [0.15, 0.2) is 24.3 Å². The molecule has 2 saturated carbocycles. The number of hydrogen-bond donors (Lipinski definition) is 1. The Bertz CT molecular complexity index is 482. The Labute approximate surface area is 120 Å². The summed E-state index contributed by atoms with van der Waals surface area (Å²) >= 11 is 0. The van der Waals surface area contributed by atoms with Crippen molar-refractivity contribution in [2.75, 3.05) is 18.0 Å². The van der Waals surface area contributed by atoms with Crippen LogP contribution in [0.25, 0.3) is 0 Å². The minimum Gasteiger partial charge on any atom is -0.480 e. The first kappa shape index (κ1) is 13.5. The van der Waals surface area contributed by atoms with E-state index in [9.17, 15) is 4.79 Å². The fraction of sp³-hybridized carbons (Fsp3) is 0.588. The highest BCUT2D eigenvalue weighted by atomic mass is 16.4. The molecular weight excluding hydrogens is 250 g/mol. The normalized spacial score (nSPS) is 27.8. The number of aliphatic carboxylic acids is 1. The zero-order chi connectivity index (χ0) is 14.1. The molecule has 0 spiro atoms. The topological polar surface area (TPSA) is 40.5 Å². The molecule has 0 aromatic heterocycles. The van der Waals surface area contributed by atoms with Crippen molar-refractivity contribution in [3.8, 4) is 0 Å². The van der Waals surface area contributed by atoms with Gasteiger partial charge >= 0.3 is 5.97 Å². The molecule has 1 N–H and O–H groups in total. The summed E-state index contributed by atoms with van der Waals surface area (Å²) in [5.74, 6) is 1.69. The van der Waals surface area contributed by atoms with Gasteiger partial charge in [-0.25, -0.2) is 0 Å². The summed E-state index contributed by atoms with van der Waals surface area (Å²) in [4.78, 5) is 13.2. The van der Waals surface area contributed by atoms with Gasteiger partial charge in [-0.15, -0.1) is 0 Å². The predicted molar refractivity (Wildman–Crippen MR) is 80.0 cm³/mol. The van der Waals surface area contributed by atoms with Gasteiger partial charge in [0.1, 0.15) is 6.54 Å². The lowest BCUT2D eigenvalue weighted by molar-refractivity contribution is -0.135. The van der Waals surface area contributed by atoms with Crippen LogP contribution in [0.2, 0.25) is 0 Å². The van der Waals surface area contributed by atoms with E-state index >= 15 is 0 Å². The summed E-state index contributed by atoms with van der Waals surface area (Å²) in [6.07, 6.45) is 5.42. The van der Waals surface area contributed by atoms with E-state index in [1.54, 1.807) is 0 Å². The molecule has 20 heavy (non-hydrogen) atoms. The third-order valence-corrected chi connectivity index (χ3v) is 5.06. The maximum atomic E-state index is 11.1. The summed E-state index contributed by atoms with van der Waals surface area (Å²) in [6, 6.07) is 8.22. The molecule has 0 aliphatic heterocycles. The lowest BCUT2D eigenvalue weighted by atomic mass is 9.88. The van der Waals surface area contributed by atoms with Crippen LogP contribution in [0, 0.1) is 24.7 Å². The highest BCUT2D eigenvalue weighted by Gasteiger charge is 2.40. The van der Waals surface area contributed by atoms with Gasteiger partial charge in [0.05, 0.1) is 0 Å². The van der Waals surface area contributed by atoms with Gasteiger partial charge in [0.15, 0.2) is 0 Å². The molecule has 2 bridgehead atoms. The molecule has 3 heteroatoms. The minimum atomic E-state index is -0.742. The van der Waals surface area contributed by atoms with Gasteiger partial charge in [0, 0.05) is 12.2 Å². The molecule has 3 rings (SSSR count). The van der Waals surface area contributed by atoms with Crippen molar-refractivity contribution >= 4 is 11.7 Å². The van der Waals surface area contributed by atoms with Crippen LogP contribution in [-0.4, -0.2) is 24.2 Å². The first-order chi connectivity index (χ1) is 9.61. The second-order valence-corrected chi connectivity index (χ2v) is 6.54. The van der Waals surface area contributed by atoms with Gasteiger partial charge in [-0.2, -0.15) is 0 Å². The SMILES string of the molecule is Cc1ccc(N(CC(=O)O)CC2CC3CCC2C3)cc1. The smallest absolute Gasteiger partial charge is 0.323 e. The third kappa shape index (κ3) is 2.82. The van der Waals surface area contributed by atoms with Crippen LogP contribution in [0.4, 0.5) is 5.69 Å². The Balaban J connectivity index is 1.72. The van der Waals surface area contributed by atoms with E-state index in [0.717, 1.165) is 24.1 Å². The molecule has 2 aliphatic carbocycles. The Kier molecular flexibility index (Phi) is 3.68. The van der Waals surface area contributed by atoms with Crippen LogP contribution in [-0.2, 0) is 4.79 Å². The number of nitrogens with zero attached hydrogens (tertiary/aromatic N) is 1. The van der Waals surface area contributed by atoms with Gasteiger partial charge in [-0.3, -0.25) is 4.79 Å². The Morgan fingerprint density at radius 3 is 2.55 bits per heavy atom. The lowest BCUT2D eigenvalue weighted by Gasteiger charge is -2.30. The molecule has 0 heterocycles. The molecule has 0 saturated heterocycles. The standard InChI is InChI=1S/C17H23NO2/c1-12-2-6-16(7-3-12)18(11-17(19)20)10-15-9-13-4-5-14(15)8-13/h2-3,6-7,13-15H,4-5,8-11H2,1H3,(H,19,20). The van der Waals surface area contributed by atoms with Crippen molar-refractivity contribution in [2.45, 2.75) is 32.6 Å². The lowest BCUT2D eigenvalue weighted by Crippen LogP contribution is -2.35. The highest BCUT2D eigenvalue weighted by molar-refractivity contribution is 5.73. The van der Waals surface area contributed by atoms with Gasteiger partial charge in [-0.1, -0.05) is 24.1 Å². The van der Waals surface area contributed by atoms with Gasteiger partial charge in [-0.05, 0) is 56.1 Å². The quantitative estimate of drug-likeness (QED) is 0.894. The first-order valence-corrected chi connectivity index (χ1v) is 7.65. The molecular formula is C17H23NO2. The fourth-order valence-corrected chi connectivity index (χ4v) is 4.06. The number of carboxylic acid groups (broad SMARTS) is 1. The van der Waals surface area contributed by atoms with E-state index in [0.29, 0.717) is 5.92 Å². The predicted octanol–water partition coefficient (Wildman–Crippen LogP) is 3.32. The van der Waals surface area contributed by atoms with Gasteiger partial charge in [0.2, 0.25) is 0 Å². The third-order valence-electron chi connectivity index (χ3n) is 5.06. The van der Waals surface area contributed by atoms with E-state index < -0.39 is 5.97 Å². The van der Waals surface area contributed by atoms with Crippen LogP contribution in [0.1, 0.15) is 31.2 Å². The van der Waals surface area contributed by atoms with Crippen LogP contribution in [0.3, 0.4) is 0 Å². The molecule has 108 valence electrons. The van der Waals surface area contributed by atoms with E-state index in [2.05, 4.69) is 19.1 Å². The Morgan fingerprint density at radius 2 is 2.00 bits per heavy atom. The maximum Gasteiger partial charge on any atom is 0.323 e. The van der Waals surface area contributed by atoms with Crippen LogP contribution < -0.4 is 4.90 Å². The average Bonchev–Trinajstić information content (AvgIpc) is 3.00. The molecule has 1 aromatic rings. The van der Waals surface area contributed by atoms with E-state index in [1.165, 1.54) is 31.2 Å². The van der Waals surface area contributed by atoms with Crippen LogP contribution in [0.5, 0.6) is 0 Å². The van der Waals surface area contributed by atoms with Crippen molar-refractivity contribution in [3.05, 3.63) is 29.8 Å². The van der Waals surface area contributed by atoms with Gasteiger partial charge in [0.25, 0.3) is 0 Å². The van der Waals surface area contributed by atoms with E-state index in [4.69, 9.17) is 5.11 Å². The fourth-order valence-electron chi connectivity index (χ4n) is 4.06. The summed E-state index contributed by atoms with van der Waals surface area (Å²) < 4.78 is 0. The summed E-state index contributed by atoms with van der Waals surface area (Å²) in [5, 5.41) is 9.16. The molecule has 3 nitrogen and oxygen atoms in total. The summed E-state index contributed by atoms with van der Waals surface area (Å²) in [7, 11) is 0. The Hall–Kier alpha value is -1.51. The largest absolute Gasteiger partial charge is 0.480 e. The molecule has 0 radical (unpaired) electrons. The van der Waals surface area contributed by atoms with Gasteiger partial charge < -0.3 is 10.0 Å². The van der Waals surface area contributed by atoms with Crippen molar-refractivity contribution in [1.82, 2.24) is 0 Å². The summed E-state index contributed by atoms with van der Waals surface area (Å²) in [6.45, 7) is 3.06. The molecule has 3 unspecified atom stereocenters. The molecule has 2 fully saturated rings. The number of carbonyl (C=O) groups is 1. The maximum absolute atomic E-state index is 11.1. The number of benzene rings is 1.